The average molecular weight is 288 g/mol. The van der Waals surface area contributed by atoms with Gasteiger partial charge in [-0.15, -0.1) is 0 Å². The molecule has 108 valence electrons. The number of benzene rings is 3. The third kappa shape index (κ3) is 2.09. The van der Waals surface area contributed by atoms with E-state index in [2.05, 4.69) is 12.1 Å². The first-order valence-electron chi connectivity index (χ1n) is 7.41. The van der Waals surface area contributed by atoms with E-state index in [0.717, 1.165) is 27.8 Å². The van der Waals surface area contributed by atoms with Gasteiger partial charge >= 0.3 is 0 Å². The van der Waals surface area contributed by atoms with E-state index in [1.165, 1.54) is 5.56 Å². The second-order valence-corrected chi connectivity index (χ2v) is 5.50. The first-order valence-corrected chi connectivity index (χ1v) is 7.41. The van der Waals surface area contributed by atoms with E-state index in [9.17, 15) is 5.11 Å². The maximum atomic E-state index is 10.6. The van der Waals surface area contributed by atoms with Crippen LogP contribution in [-0.2, 0) is 18.0 Å². The smallest absolute Gasteiger partial charge is 0.124 e. The molecule has 1 heterocycles. The minimum atomic E-state index is 0.314. The van der Waals surface area contributed by atoms with E-state index < -0.39 is 0 Å². The van der Waals surface area contributed by atoms with Crippen LogP contribution in [0.15, 0.2) is 66.7 Å². The van der Waals surface area contributed by atoms with Crippen molar-refractivity contribution in [2.45, 2.75) is 13.2 Å². The van der Waals surface area contributed by atoms with Crippen LogP contribution in [0.2, 0.25) is 0 Å². The summed E-state index contributed by atoms with van der Waals surface area (Å²) in [7, 11) is 0. The van der Waals surface area contributed by atoms with Gasteiger partial charge in [0.25, 0.3) is 0 Å². The SMILES string of the molecule is Oc1cc(-c2ccccc2)c2c(c1-c1ccccc1)COC2. The molecule has 3 aromatic rings. The first-order chi connectivity index (χ1) is 10.8. The van der Waals surface area contributed by atoms with Gasteiger partial charge in [-0.2, -0.15) is 0 Å². The van der Waals surface area contributed by atoms with E-state index in [1.54, 1.807) is 0 Å². The lowest BCUT2D eigenvalue weighted by Crippen LogP contribution is -1.94. The molecule has 3 aromatic carbocycles. The summed E-state index contributed by atoms with van der Waals surface area (Å²) < 4.78 is 5.68. The van der Waals surface area contributed by atoms with Gasteiger partial charge in [-0.1, -0.05) is 60.7 Å². The quantitative estimate of drug-likeness (QED) is 0.737. The molecular formula is C20H16O2. The third-order valence-corrected chi connectivity index (χ3v) is 4.17. The van der Waals surface area contributed by atoms with Crippen LogP contribution in [0.5, 0.6) is 5.75 Å². The molecule has 2 heteroatoms. The summed E-state index contributed by atoms with van der Waals surface area (Å²) in [6.07, 6.45) is 0. The Bertz CT molecular complexity index is 808. The Balaban J connectivity index is 1.96. The number of rotatable bonds is 2. The molecule has 4 rings (SSSR count). The molecule has 0 amide bonds. The van der Waals surface area contributed by atoms with Gasteiger partial charge in [-0.05, 0) is 33.9 Å². The zero-order chi connectivity index (χ0) is 14.9. The monoisotopic (exact) mass is 288 g/mol. The van der Waals surface area contributed by atoms with Gasteiger partial charge in [0, 0.05) is 5.56 Å². The molecule has 0 fully saturated rings. The number of phenolic OH excluding ortho intramolecular Hbond substituents is 1. The van der Waals surface area contributed by atoms with Crippen molar-refractivity contribution in [3.8, 4) is 28.0 Å². The van der Waals surface area contributed by atoms with Crippen molar-refractivity contribution >= 4 is 0 Å². The molecule has 0 unspecified atom stereocenters. The van der Waals surface area contributed by atoms with Crippen LogP contribution < -0.4 is 0 Å². The average Bonchev–Trinajstić information content (AvgIpc) is 3.05. The largest absolute Gasteiger partial charge is 0.507 e. The van der Waals surface area contributed by atoms with Gasteiger partial charge in [0.2, 0.25) is 0 Å². The predicted molar refractivity (Wildman–Crippen MR) is 87.5 cm³/mol. The minimum Gasteiger partial charge on any atom is -0.507 e. The van der Waals surface area contributed by atoms with Crippen LogP contribution in [0, 0.1) is 0 Å². The molecule has 1 aliphatic rings. The number of aromatic hydroxyl groups is 1. The second-order valence-electron chi connectivity index (χ2n) is 5.50. The maximum Gasteiger partial charge on any atom is 0.124 e. The Morgan fingerprint density at radius 3 is 2.00 bits per heavy atom. The van der Waals surface area contributed by atoms with Crippen LogP contribution >= 0.6 is 0 Å². The fourth-order valence-corrected chi connectivity index (χ4v) is 3.15. The van der Waals surface area contributed by atoms with E-state index in [-0.39, 0.29) is 0 Å². The summed E-state index contributed by atoms with van der Waals surface area (Å²) in [6.45, 7) is 1.15. The van der Waals surface area contributed by atoms with Gasteiger partial charge in [-0.3, -0.25) is 0 Å². The number of hydrogen-bond donors (Lipinski definition) is 1. The highest BCUT2D eigenvalue weighted by Crippen LogP contribution is 2.43. The van der Waals surface area contributed by atoms with Gasteiger partial charge in [-0.25, -0.2) is 0 Å². The van der Waals surface area contributed by atoms with Gasteiger partial charge in [0.05, 0.1) is 13.2 Å². The molecule has 2 nitrogen and oxygen atoms in total. The van der Waals surface area contributed by atoms with Crippen molar-refractivity contribution < 1.29 is 9.84 Å². The summed E-state index contributed by atoms with van der Waals surface area (Å²) in [5.41, 5.74) is 6.38. The zero-order valence-corrected chi connectivity index (χ0v) is 12.1. The van der Waals surface area contributed by atoms with E-state index in [4.69, 9.17) is 4.74 Å². The number of fused-ring (bicyclic) bond motifs is 1. The minimum absolute atomic E-state index is 0.314. The van der Waals surface area contributed by atoms with Crippen LogP contribution in [0.25, 0.3) is 22.3 Å². The fraction of sp³-hybridized carbons (Fsp3) is 0.100. The van der Waals surface area contributed by atoms with Crippen molar-refractivity contribution in [3.63, 3.8) is 0 Å². The summed E-state index contributed by atoms with van der Waals surface area (Å²) in [4.78, 5) is 0. The van der Waals surface area contributed by atoms with Crippen molar-refractivity contribution in [1.29, 1.82) is 0 Å². The molecular weight excluding hydrogens is 272 g/mol. The maximum absolute atomic E-state index is 10.6. The van der Waals surface area contributed by atoms with Crippen molar-refractivity contribution in [2.75, 3.05) is 0 Å². The summed E-state index contributed by atoms with van der Waals surface area (Å²) in [6, 6.07) is 22.0. The topological polar surface area (TPSA) is 29.5 Å². The third-order valence-electron chi connectivity index (χ3n) is 4.17. The molecule has 22 heavy (non-hydrogen) atoms. The Labute approximate surface area is 129 Å². The van der Waals surface area contributed by atoms with Gasteiger partial charge in [0.1, 0.15) is 5.75 Å². The lowest BCUT2D eigenvalue weighted by molar-refractivity contribution is 0.135. The van der Waals surface area contributed by atoms with Gasteiger partial charge < -0.3 is 9.84 Å². The Hall–Kier alpha value is -2.58. The molecule has 0 bridgehead atoms. The first kappa shape index (κ1) is 13.1. The molecule has 1 aliphatic heterocycles. The molecule has 0 aliphatic carbocycles. The molecule has 0 radical (unpaired) electrons. The van der Waals surface area contributed by atoms with E-state index in [1.807, 2.05) is 54.6 Å². The molecule has 0 aromatic heterocycles. The van der Waals surface area contributed by atoms with Crippen molar-refractivity contribution in [3.05, 3.63) is 77.9 Å². The lowest BCUT2D eigenvalue weighted by Gasteiger charge is -2.14. The van der Waals surface area contributed by atoms with Crippen LogP contribution in [0.1, 0.15) is 11.1 Å². The second kappa shape index (κ2) is 5.32. The normalized spacial score (nSPS) is 13.1. The molecule has 0 saturated heterocycles. The summed E-state index contributed by atoms with van der Waals surface area (Å²) >= 11 is 0. The van der Waals surface area contributed by atoms with Crippen molar-refractivity contribution in [1.82, 2.24) is 0 Å². The number of phenols is 1. The lowest BCUT2D eigenvalue weighted by atomic mass is 9.90. The molecule has 1 N–H and O–H groups in total. The van der Waals surface area contributed by atoms with Crippen LogP contribution in [-0.4, -0.2) is 5.11 Å². The predicted octanol–water partition coefficient (Wildman–Crippen LogP) is 4.76. The number of hydrogen-bond acceptors (Lipinski definition) is 2. The fourth-order valence-electron chi connectivity index (χ4n) is 3.15. The van der Waals surface area contributed by atoms with Crippen LogP contribution in [0.4, 0.5) is 0 Å². The number of ether oxygens (including phenoxy) is 1. The zero-order valence-electron chi connectivity index (χ0n) is 12.1. The highest BCUT2D eigenvalue weighted by Gasteiger charge is 2.23. The molecule has 0 spiro atoms. The van der Waals surface area contributed by atoms with Gasteiger partial charge in [0.15, 0.2) is 0 Å². The molecule has 0 atom stereocenters. The highest BCUT2D eigenvalue weighted by molar-refractivity contribution is 5.82. The van der Waals surface area contributed by atoms with Crippen molar-refractivity contribution in [2.24, 2.45) is 0 Å². The standard InChI is InChI=1S/C20H16O2/c21-19-11-16(14-7-3-1-4-8-14)17-12-22-13-18(17)20(19)15-9-5-2-6-10-15/h1-11,21H,12-13H2. The van der Waals surface area contributed by atoms with E-state index >= 15 is 0 Å². The highest BCUT2D eigenvalue weighted by atomic mass is 16.5. The van der Waals surface area contributed by atoms with E-state index in [0.29, 0.717) is 19.0 Å². The molecule has 0 saturated carbocycles. The summed E-state index contributed by atoms with van der Waals surface area (Å²) in [5.74, 6) is 0.314. The Kier molecular flexibility index (Phi) is 3.17. The van der Waals surface area contributed by atoms with Crippen LogP contribution in [0.3, 0.4) is 0 Å². The Morgan fingerprint density at radius 2 is 1.32 bits per heavy atom. The summed E-state index contributed by atoms with van der Waals surface area (Å²) in [5, 5.41) is 10.6. The Morgan fingerprint density at radius 1 is 0.727 bits per heavy atom.